The summed E-state index contributed by atoms with van der Waals surface area (Å²) in [6.07, 6.45) is 1.45. The van der Waals surface area contributed by atoms with E-state index in [2.05, 4.69) is 0 Å². The number of amides is 3. The highest BCUT2D eigenvalue weighted by molar-refractivity contribution is 6.22. The lowest BCUT2D eigenvalue weighted by Gasteiger charge is -2.15. The molecule has 0 saturated heterocycles. The molecule has 8 heteroatoms. The molecule has 0 spiro atoms. The highest BCUT2D eigenvalue weighted by Crippen LogP contribution is 2.26. The van der Waals surface area contributed by atoms with Crippen LogP contribution in [0.3, 0.4) is 0 Å². The Morgan fingerprint density at radius 3 is 2.38 bits per heavy atom. The Bertz CT molecular complexity index is 950. The van der Waals surface area contributed by atoms with Crippen molar-refractivity contribution in [3.8, 4) is 12.1 Å². The number of benzene rings is 1. The summed E-state index contributed by atoms with van der Waals surface area (Å²) >= 11 is 0. The molecule has 3 rings (SSSR count). The smallest absolute Gasteiger partial charge is 0.261 e. The van der Waals surface area contributed by atoms with Crippen LogP contribution in [-0.4, -0.2) is 40.6 Å². The maximum atomic E-state index is 12.6. The highest BCUT2D eigenvalue weighted by atomic mass is 16.3. The van der Waals surface area contributed by atoms with Gasteiger partial charge in [-0.1, -0.05) is 0 Å². The molecule has 0 radical (unpaired) electrons. The van der Waals surface area contributed by atoms with Gasteiger partial charge in [0, 0.05) is 5.56 Å². The molecule has 1 aliphatic heterocycles. The van der Waals surface area contributed by atoms with E-state index in [1.165, 1.54) is 24.5 Å². The van der Waals surface area contributed by atoms with Gasteiger partial charge in [-0.05, 0) is 30.3 Å². The second-order valence-electron chi connectivity index (χ2n) is 5.51. The van der Waals surface area contributed by atoms with Crippen molar-refractivity contribution in [2.24, 2.45) is 0 Å². The van der Waals surface area contributed by atoms with E-state index >= 15 is 0 Å². The third-order valence-electron chi connectivity index (χ3n) is 3.92. The number of hydrogen-bond acceptors (Lipinski definition) is 6. The second-order valence-corrected chi connectivity index (χ2v) is 5.51. The predicted molar refractivity (Wildman–Crippen MR) is 86.5 cm³/mol. The maximum absolute atomic E-state index is 12.6. The van der Waals surface area contributed by atoms with Crippen LogP contribution >= 0.6 is 0 Å². The Hall–Kier alpha value is -3.91. The van der Waals surface area contributed by atoms with Gasteiger partial charge in [0.25, 0.3) is 17.7 Å². The van der Waals surface area contributed by atoms with Crippen LogP contribution in [0.25, 0.3) is 0 Å². The first-order chi connectivity index (χ1) is 12.6. The minimum atomic E-state index is -0.555. The van der Waals surface area contributed by atoms with Crippen LogP contribution in [0, 0.1) is 22.7 Å². The molecule has 26 heavy (non-hydrogen) atoms. The standard InChI is InChI=1S/C18H12N4O4/c19-5-7-21(8-6-20)16(23)12-3-4-14-15(10-12)18(25)22(17(14)24)11-13-2-1-9-26-13/h1-4,9-10H,7-8,11H2. The third-order valence-corrected chi connectivity index (χ3v) is 3.92. The Balaban J connectivity index is 1.89. The molecule has 0 saturated carbocycles. The van der Waals surface area contributed by atoms with Gasteiger partial charge in [-0.25, -0.2) is 0 Å². The quantitative estimate of drug-likeness (QED) is 0.597. The molecular weight excluding hydrogens is 336 g/mol. The summed E-state index contributed by atoms with van der Waals surface area (Å²) in [7, 11) is 0. The van der Waals surface area contributed by atoms with Crippen LogP contribution in [0.1, 0.15) is 36.8 Å². The van der Waals surface area contributed by atoms with Crippen molar-refractivity contribution in [3.63, 3.8) is 0 Å². The molecule has 1 aliphatic rings. The lowest BCUT2D eigenvalue weighted by Crippen LogP contribution is -2.32. The van der Waals surface area contributed by atoms with Gasteiger partial charge in [-0.3, -0.25) is 19.3 Å². The fourth-order valence-electron chi connectivity index (χ4n) is 2.68. The fraction of sp³-hybridized carbons (Fsp3) is 0.167. The molecule has 128 valence electrons. The van der Waals surface area contributed by atoms with Crippen molar-refractivity contribution in [1.29, 1.82) is 10.5 Å². The monoisotopic (exact) mass is 348 g/mol. The molecule has 0 bridgehead atoms. The molecule has 2 heterocycles. The van der Waals surface area contributed by atoms with Crippen molar-refractivity contribution in [1.82, 2.24) is 9.80 Å². The molecule has 0 atom stereocenters. The van der Waals surface area contributed by atoms with Crippen LogP contribution < -0.4 is 0 Å². The number of nitriles is 2. The van der Waals surface area contributed by atoms with E-state index in [9.17, 15) is 14.4 Å². The first-order valence-corrected chi connectivity index (χ1v) is 7.62. The Morgan fingerprint density at radius 2 is 1.77 bits per heavy atom. The Morgan fingerprint density at radius 1 is 1.08 bits per heavy atom. The van der Waals surface area contributed by atoms with Crippen LogP contribution in [0.4, 0.5) is 0 Å². The minimum Gasteiger partial charge on any atom is -0.467 e. The average Bonchev–Trinajstić information content (AvgIpc) is 3.24. The lowest BCUT2D eigenvalue weighted by molar-refractivity contribution is 0.0631. The summed E-state index contributed by atoms with van der Waals surface area (Å²) in [6, 6.07) is 11.1. The number of imide groups is 1. The summed E-state index contributed by atoms with van der Waals surface area (Å²) in [5.41, 5.74) is 0.446. The number of rotatable bonds is 5. The van der Waals surface area contributed by atoms with E-state index in [4.69, 9.17) is 14.9 Å². The highest BCUT2D eigenvalue weighted by Gasteiger charge is 2.36. The zero-order valence-corrected chi connectivity index (χ0v) is 13.5. The normalized spacial score (nSPS) is 12.5. The Labute approximate surface area is 148 Å². The van der Waals surface area contributed by atoms with Gasteiger partial charge in [-0.2, -0.15) is 10.5 Å². The molecule has 3 amide bonds. The molecule has 2 aromatic rings. The van der Waals surface area contributed by atoms with E-state index in [0.717, 1.165) is 9.80 Å². The van der Waals surface area contributed by atoms with E-state index < -0.39 is 17.7 Å². The summed E-state index contributed by atoms with van der Waals surface area (Å²) in [5, 5.41) is 17.6. The largest absolute Gasteiger partial charge is 0.467 e. The van der Waals surface area contributed by atoms with E-state index in [0.29, 0.717) is 5.76 Å². The first kappa shape index (κ1) is 16.9. The van der Waals surface area contributed by atoms with E-state index in [1.807, 2.05) is 12.1 Å². The summed E-state index contributed by atoms with van der Waals surface area (Å²) in [4.78, 5) is 39.5. The van der Waals surface area contributed by atoms with Gasteiger partial charge in [0.2, 0.25) is 0 Å². The third kappa shape index (κ3) is 2.92. The van der Waals surface area contributed by atoms with Crippen LogP contribution in [0.2, 0.25) is 0 Å². The van der Waals surface area contributed by atoms with Gasteiger partial charge in [-0.15, -0.1) is 0 Å². The van der Waals surface area contributed by atoms with Crippen molar-refractivity contribution in [2.75, 3.05) is 13.1 Å². The molecular formula is C18H12N4O4. The maximum Gasteiger partial charge on any atom is 0.261 e. The number of furan rings is 1. The number of nitrogens with zero attached hydrogens (tertiary/aromatic N) is 4. The van der Waals surface area contributed by atoms with Crippen molar-refractivity contribution >= 4 is 17.7 Å². The van der Waals surface area contributed by atoms with Gasteiger partial charge >= 0.3 is 0 Å². The predicted octanol–water partition coefficient (Wildman–Crippen LogP) is 1.57. The molecule has 0 unspecified atom stereocenters. The molecule has 1 aromatic carbocycles. The summed E-state index contributed by atoms with van der Waals surface area (Å²) < 4.78 is 5.17. The molecule has 8 nitrogen and oxygen atoms in total. The second kappa shape index (κ2) is 6.91. The van der Waals surface area contributed by atoms with Gasteiger partial charge in [0.15, 0.2) is 0 Å². The lowest BCUT2D eigenvalue weighted by atomic mass is 10.0. The van der Waals surface area contributed by atoms with Crippen molar-refractivity contribution < 1.29 is 18.8 Å². The number of hydrogen-bond donors (Lipinski definition) is 0. The van der Waals surface area contributed by atoms with Crippen molar-refractivity contribution in [2.45, 2.75) is 6.54 Å². The van der Waals surface area contributed by atoms with Gasteiger partial charge in [0.05, 0.1) is 36.1 Å². The molecule has 0 N–H and O–H groups in total. The summed E-state index contributed by atoms with van der Waals surface area (Å²) in [6.45, 7) is -0.500. The average molecular weight is 348 g/mol. The zero-order chi connectivity index (χ0) is 18.7. The molecule has 1 aromatic heterocycles. The van der Waals surface area contributed by atoms with Crippen molar-refractivity contribution in [3.05, 3.63) is 59.0 Å². The van der Waals surface area contributed by atoms with Gasteiger partial charge in [0.1, 0.15) is 18.8 Å². The first-order valence-electron chi connectivity index (χ1n) is 7.62. The Kier molecular flexibility index (Phi) is 4.50. The topological polar surface area (TPSA) is 118 Å². The summed E-state index contributed by atoms with van der Waals surface area (Å²) in [5.74, 6) is -1.08. The fourth-order valence-corrected chi connectivity index (χ4v) is 2.68. The van der Waals surface area contributed by atoms with Crippen LogP contribution in [0.5, 0.6) is 0 Å². The van der Waals surface area contributed by atoms with Crippen LogP contribution in [-0.2, 0) is 6.54 Å². The van der Waals surface area contributed by atoms with E-state index in [1.54, 1.807) is 12.1 Å². The number of carbonyl (C=O) groups is 3. The molecule has 0 aliphatic carbocycles. The minimum absolute atomic E-state index is 0.00236. The number of fused-ring (bicyclic) bond motifs is 1. The van der Waals surface area contributed by atoms with E-state index in [-0.39, 0.29) is 36.3 Å². The number of carbonyl (C=O) groups excluding carboxylic acids is 3. The van der Waals surface area contributed by atoms with Gasteiger partial charge < -0.3 is 9.32 Å². The zero-order valence-electron chi connectivity index (χ0n) is 13.5. The molecule has 0 fully saturated rings. The van der Waals surface area contributed by atoms with Crippen LogP contribution in [0.15, 0.2) is 41.0 Å². The SMILES string of the molecule is N#CCN(CC#N)C(=O)c1ccc2c(c1)C(=O)N(Cc1ccco1)C2=O.